The highest BCUT2D eigenvalue weighted by Gasteiger charge is 2.29. The minimum atomic E-state index is 0.0199. The van der Waals surface area contributed by atoms with Gasteiger partial charge in [-0.2, -0.15) is 0 Å². The maximum atomic E-state index is 5.74. The largest absolute Gasteiger partial charge is 0.497 e. The second-order valence-electron chi connectivity index (χ2n) is 13.3. The first-order valence-electron chi connectivity index (χ1n) is 12.2. The molecule has 2 aromatic rings. The lowest BCUT2D eigenvalue weighted by Crippen LogP contribution is -2.28. The van der Waals surface area contributed by atoms with Crippen LogP contribution in [0.25, 0.3) is 0 Å². The van der Waals surface area contributed by atoms with Gasteiger partial charge >= 0.3 is 0 Å². The smallest absolute Gasteiger partial charge is 0.119 e. The van der Waals surface area contributed by atoms with Crippen molar-refractivity contribution in [2.24, 2.45) is 0 Å². The van der Waals surface area contributed by atoms with E-state index < -0.39 is 0 Å². The monoisotopic (exact) mass is 500 g/mol. The second kappa shape index (κ2) is 9.95. The molecule has 2 nitrogen and oxygen atoms in total. The molecule has 0 bridgehead atoms. The van der Waals surface area contributed by atoms with Gasteiger partial charge in [0.1, 0.15) is 11.5 Å². The summed E-state index contributed by atoms with van der Waals surface area (Å²) in [6.07, 6.45) is 0. The maximum absolute atomic E-state index is 5.74. The summed E-state index contributed by atoms with van der Waals surface area (Å²) in [5.74, 6) is 1.89. The predicted molar refractivity (Wildman–Crippen MR) is 154 cm³/mol. The van der Waals surface area contributed by atoms with Crippen LogP contribution in [0, 0.1) is 0 Å². The van der Waals surface area contributed by atoms with E-state index in [1.165, 1.54) is 48.6 Å². The van der Waals surface area contributed by atoms with E-state index in [9.17, 15) is 0 Å². The molecule has 0 radical (unpaired) electrons. The second-order valence-corrected chi connectivity index (χ2v) is 15.8. The molecule has 0 amide bonds. The number of hydrogen-bond donors (Lipinski definition) is 0. The van der Waals surface area contributed by atoms with Crippen LogP contribution in [-0.4, -0.2) is 14.2 Å². The quantitative estimate of drug-likeness (QED) is 0.391. The topological polar surface area (TPSA) is 18.5 Å². The molecule has 188 valence electrons. The van der Waals surface area contributed by atoms with E-state index in [-0.39, 0.29) is 21.7 Å². The van der Waals surface area contributed by atoms with E-state index in [2.05, 4.69) is 107 Å². The fourth-order valence-electron chi connectivity index (χ4n) is 4.05. The number of benzene rings is 2. The molecule has 0 aliphatic carbocycles. The molecule has 4 heteroatoms. The van der Waals surface area contributed by atoms with Crippen LogP contribution in [0.1, 0.15) is 105 Å². The number of hydrogen-bond acceptors (Lipinski definition) is 2. The van der Waals surface area contributed by atoms with Crippen LogP contribution < -0.4 is 20.1 Å². The Morgan fingerprint density at radius 3 is 0.794 bits per heavy atom. The van der Waals surface area contributed by atoms with Gasteiger partial charge in [0, 0.05) is 10.6 Å². The standard InChI is InChI=1S/C30H46O2P2/c1-27(2,3)21-15-19(31-13)16-22(28(4,5)6)25(21)33-34-26-23(29(7,8)9)17-20(32-14)18-24(26)30(10,11)12/h15-18H,1-14H3. The number of ether oxygens (including phenoxy) is 2. The molecule has 0 aliphatic heterocycles. The van der Waals surface area contributed by atoms with E-state index in [1.54, 1.807) is 14.2 Å². The third-order valence-corrected chi connectivity index (χ3v) is 9.08. The molecule has 34 heavy (non-hydrogen) atoms. The molecule has 0 heterocycles. The summed E-state index contributed by atoms with van der Waals surface area (Å²) in [7, 11) is 6.14. The van der Waals surface area contributed by atoms with E-state index in [0.717, 1.165) is 11.5 Å². The van der Waals surface area contributed by atoms with Crippen molar-refractivity contribution in [1.29, 1.82) is 0 Å². The van der Waals surface area contributed by atoms with Gasteiger partial charge in [-0.05, 0) is 83.9 Å². The van der Waals surface area contributed by atoms with Crippen molar-refractivity contribution in [3.8, 4) is 11.5 Å². The van der Waals surface area contributed by atoms with Crippen LogP contribution in [0.5, 0.6) is 11.5 Å². The summed E-state index contributed by atoms with van der Waals surface area (Å²) >= 11 is 0. The Labute approximate surface area is 212 Å². The van der Waals surface area contributed by atoms with Gasteiger partial charge in [0.05, 0.1) is 14.2 Å². The molecule has 0 unspecified atom stereocenters. The van der Waals surface area contributed by atoms with Gasteiger partial charge in [0.25, 0.3) is 0 Å². The van der Waals surface area contributed by atoms with Gasteiger partial charge in [-0.25, -0.2) is 0 Å². The lowest BCUT2D eigenvalue weighted by Gasteiger charge is -2.30. The van der Waals surface area contributed by atoms with Gasteiger partial charge < -0.3 is 9.47 Å². The zero-order chi connectivity index (χ0) is 26.3. The Morgan fingerprint density at radius 2 is 0.647 bits per heavy atom. The van der Waals surface area contributed by atoms with Crippen molar-refractivity contribution in [3.63, 3.8) is 0 Å². The van der Waals surface area contributed by atoms with Gasteiger partial charge in [0.2, 0.25) is 0 Å². The minimum Gasteiger partial charge on any atom is -0.497 e. The fourth-order valence-corrected chi connectivity index (χ4v) is 8.18. The molecule has 0 N–H and O–H groups in total. The lowest BCUT2D eigenvalue weighted by atomic mass is 9.80. The molecule has 0 atom stereocenters. The summed E-state index contributed by atoms with van der Waals surface area (Å²) < 4.78 is 11.5. The zero-order valence-electron chi connectivity index (χ0n) is 24.0. The molecule has 0 saturated heterocycles. The Hall–Kier alpha value is -1.36. The Bertz CT molecular complexity index is 898. The highest BCUT2D eigenvalue weighted by Crippen LogP contribution is 2.39. The van der Waals surface area contributed by atoms with Crippen LogP contribution in [0.4, 0.5) is 0 Å². The molecule has 2 aromatic carbocycles. The highest BCUT2D eigenvalue weighted by atomic mass is 31.7. The maximum Gasteiger partial charge on any atom is 0.119 e. The van der Waals surface area contributed by atoms with Crippen LogP contribution in [0.2, 0.25) is 0 Å². The lowest BCUT2D eigenvalue weighted by molar-refractivity contribution is 0.410. The zero-order valence-corrected chi connectivity index (χ0v) is 25.8. The van der Waals surface area contributed by atoms with Crippen LogP contribution in [-0.2, 0) is 21.7 Å². The first-order valence-corrected chi connectivity index (χ1v) is 14.7. The summed E-state index contributed by atoms with van der Waals surface area (Å²) in [5.41, 5.74) is 5.56. The molecule has 0 aromatic heterocycles. The highest BCUT2D eigenvalue weighted by molar-refractivity contribution is 7.91. The first kappa shape index (κ1) is 28.9. The van der Waals surface area contributed by atoms with E-state index in [4.69, 9.17) is 9.47 Å². The average Bonchev–Trinajstić information content (AvgIpc) is 2.68. The van der Waals surface area contributed by atoms with Gasteiger partial charge in [0.15, 0.2) is 0 Å². The van der Waals surface area contributed by atoms with E-state index in [1.807, 2.05) is 0 Å². The normalized spacial score (nSPS) is 13.5. The summed E-state index contributed by atoms with van der Waals surface area (Å²) in [6.45, 7) is 27.7. The number of rotatable bonds is 4. The third kappa shape index (κ3) is 6.65. The molecule has 0 aliphatic rings. The first-order chi connectivity index (χ1) is 15.3. The fraction of sp³-hybridized carbons (Fsp3) is 0.600. The average molecular weight is 501 g/mol. The van der Waals surface area contributed by atoms with Crippen molar-refractivity contribution in [1.82, 2.24) is 0 Å². The third-order valence-electron chi connectivity index (χ3n) is 6.12. The van der Waals surface area contributed by atoms with Gasteiger partial charge in [-0.3, -0.25) is 0 Å². The van der Waals surface area contributed by atoms with Crippen molar-refractivity contribution in [2.75, 3.05) is 14.2 Å². The molecule has 0 spiro atoms. The van der Waals surface area contributed by atoms with Gasteiger partial charge in [-0.15, -0.1) is 0 Å². The van der Waals surface area contributed by atoms with Crippen LogP contribution in [0.15, 0.2) is 24.3 Å². The summed E-state index contributed by atoms with van der Waals surface area (Å²) in [6, 6.07) is 8.99. The van der Waals surface area contributed by atoms with Crippen LogP contribution >= 0.6 is 15.7 Å². The molecule has 2 rings (SSSR count). The molecule has 0 fully saturated rings. The van der Waals surface area contributed by atoms with Crippen molar-refractivity contribution >= 4 is 26.3 Å². The van der Waals surface area contributed by atoms with Crippen molar-refractivity contribution in [2.45, 2.75) is 105 Å². The van der Waals surface area contributed by atoms with Crippen molar-refractivity contribution in [3.05, 3.63) is 46.5 Å². The Morgan fingerprint density at radius 1 is 0.441 bits per heavy atom. The van der Waals surface area contributed by atoms with E-state index >= 15 is 0 Å². The van der Waals surface area contributed by atoms with Crippen LogP contribution in [0.3, 0.4) is 0 Å². The Kier molecular flexibility index (Phi) is 8.45. The molecular weight excluding hydrogens is 454 g/mol. The molecule has 0 saturated carbocycles. The summed E-state index contributed by atoms with van der Waals surface area (Å²) in [4.78, 5) is 0. The van der Waals surface area contributed by atoms with Crippen molar-refractivity contribution < 1.29 is 9.47 Å². The SMILES string of the molecule is COc1cc(C(C)(C)C)c(P=Pc2c(C(C)(C)C)cc(OC)cc2C(C)(C)C)c(C(C)(C)C)c1. The summed E-state index contributed by atoms with van der Waals surface area (Å²) in [5, 5.41) is 2.86. The predicted octanol–water partition coefficient (Wildman–Crippen LogP) is 8.65. The molecular formula is C30H46O2P2. The van der Waals surface area contributed by atoms with Gasteiger partial charge in [-0.1, -0.05) is 83.1 Å². The van der Waals surface area contributed by atoms with E-state index in [0.29, 0.717) is 0 Å². The Balaban J connectivity index is 2.96. The number of methoxy groups -OCH3 is 2. The minimum absolute atomic E-state index is 0.0199.